The smallest absolute Gasteiger partial charge is 0.337 e. The maximum Gasteiger partial charge on any atom is 0.337 e. The Labute approximate surface area is 192 Å². The van der Waals surface area contributed by atoms with Gasteiger partial charge in [-0.15, -0.1) is 0 Å². The number of aliphatic hydroxyl groups is 1. The minimum atomic E-state index is -4.20. The molecule has 8 nitrogen and oxygen atoms in total. The van der Waals surface area contributed by atoms with Crippen LogP contribution in [0.25, 0.3) is 0 Å². The van der Waals surface area contributed by atoms with Crippen molar-refractivity contribution in [1.82, 2.24) is 0 Å². The molecule has 0 aliphatic heterocycles. The Hall–Kier alpha value is -3.56. The zero-order chi connectivity index (χ0) is 23.8. The second-order valence-electron chi connectivity index (χ2n) is 7.06. The van der Waals surface area contributed by atoms with Crippen molar-refractivity contribution >= 4 is 21.7 Å². The molecule has 9 heteroatoms. The van der Waals surface area contributed by atoms with Crippen LogP contribution >= 0.6 is 0 Å². The molecule has 33 heavy (non-hydrogen) atoms. The number of aromatic carboxylic acids is 1. The Bertz CT molecular complexity index is 1180. The molecular weight excluding hydrogens is 446 g/mol. The molecule has 0 aliphatic rings. The lowest BCUT2D eigenvalue weighted by molar-refractivity contribution is 0.0697. The van der Waals surface area contributed by atoms with E-state index < -0.39 is 16.0 Å². The van der Waals surface area contributed by atoms with E-state index in [2.05, 4.69) is 0 Å². The zero-order valence-corrected chi connectivity index (χ0v) is 18.9. The van der Waals surface area contributed by atoms with Gasteiger partial charge in [0.05, 0.1) is 30.7 Å². The highest BCUT2D eigenvalue weighted by molar-refractivity contribution is 7.92. The number of hydrogen-bond donors (Lipinski definition) is 2. The summed E-state index contributed by atoms with van der Waals surface area (Å²) in [6.45, 7) is -0.143. The summed E-state index contributed by atoms with van der Waals surface area (Å²) in [6.07, 6.45) is 0.306. The van der Waals surface area contributed by atoms with Gasteiger partial charge in [-0.25, -0.2) is 13.2 Å². The van der Waals surface area contributed by atoms with Crippen molar-refractivity contribution in [3.63, 3.8) is 0 Å². The first-order chi connectivity index (χ1) is 15.9. The van der Waals surface area contributed by atoms with Crippen molar-refractivity contribution in [2.24, 2.45) is 0 Å². The number of anilines is 1. The summed E-state index contributed by atoms with van der Waals surface area (Å²) in [4.78, 5) is 12.0. The minimum absolute atomic E-state index is 0.0271. The van der Waals surface area contributed by atoms with Crippen LogP contribution in [-0.4, -0.2) is 44.9 Å². The number of rotatable bonds is 11. The van der Waals surface area contributed by atoms with Gasteiger partial charge in [0.25, 0.3) is 10.0 Å². The summed E-state index contributed by atoms with van der Waals surface area (Å²) in [6, 6.07) is 19.1. The lowest BCUT2D eigenvalue weighted by Gasteiger charge is -2.28. The Kier molecular flexibility index (Phi) is 7.92. The van der Waals surface area contributed by atoms with Gasteiger partial charge in [-0.3, -0.25) is 4.31 Å². The number of carbonyl (C=O) groups is 1. The number of ether oxygens (including phenoxy) is 2. The van der Waals surface area contributed by atoms with Crippen LogP contribution in [-0.2, 0) is 16.6 Å². The topological polar surface area (TPSA) is 113 Å². The first-order valence-electron chi connectivity index (χ1n) is 10.2. The fourth-order valence-corrected chi connectivity index (χ4v) is 4.71. The summed E-state index contributed by atoms with van der Waals surface area (Å²) in [7, 11) is -2.72. The van der Waals surface area contributed by atoms with E-state index in [4.69, 9.17) is 14.6 Å². The summed E-state index contributed by atoms with van der Waals surface area (Å²) in [5.74, 6) is -0.709. The Morgan fingerprint density at radius 1 is 0.970 bits per heavy atom. The molecule has 0 aromatic heterocycles. The maximum atomic E-state index is 13.8. The lowest BCUT2D eigenvalue weighted by Crippen LogP contribution is -2.32. The van der Waals surface area contributed by atoms with Gasteiger partial charge in [0.1, 0.15) is 17.2 Å². The van der Waals surface area contributed by atoms with E-state index >= 15 is 0 Å². The monoisotopic (exact) mass is 471 g/mol. The van der Waals surface area contributed by atoms with Crippen molar-refractivity contribution in [3.05, 3.63) is 83.9 Å². The second-order valence-corrected chi connectivity index (χ2v) is 8.92. The average Bonchev–Trinajstić information content (AvgIpc) is 2.83. The number of hydrogen-bond acceptors (Lipinski definition) is 6. The molecule has 0 saturated heterocycles. The van der Waals surface area contributed by atoms with E-state index in [0.29, 0.717) is 17.7 Å². The summed E-state index contributed by atoms with van der Waals surface area (Å²) in [5, 5.41) is 18.9. The number of benzene rings is 3. The van der Waals surface area contributed by atoms with Crippen LogP contribution in [0.5, 0.6) is 11.5 Å². The fourth-order valence-electron chi connectivity index (χ4n) is 3.22. The highest BCUT2D eigenvalue weighted by Crippen LogP contribution is 2.37. The molecule has 0 amide bonds. The van der Waals surface area contributed by atoms with Crippen LogP contribution in [0.4, 0.5) is 5.69 Å². The molecule has 0 saturated carbocycles. The molecule has 0 bridgehead atoms. The van der Waals surface area contributed by atoms with E-state index in [1.807, 2.05) is 0 Å². The standard InChI is InChI=1S/C24H25NO7S/c1-31-19-11-13-20(14-12-19)33(29,30)25(17-18-7-3-2-4-8-18)23-21(24(27)28)9-5-10-22(23)32-16-6-15-26/h2-5,7-14,26H,6,15-17H2,1H3,(H,27,28). The predicted molar refractivity (Wildman–Crippen MR) is 123 cm³/mol. The molecule has 0 spiro atoms. The van der Waals surface area contributed by atoms with E-state index in [1.165, 1.54) is 49.6 Å². The molecule has 0 radical (unpaired) electrons. The van der Waals surface area contributed by atoms with E-state index in [9.17, 15) is 18.3 Å². The SMILES string of the molecule is COc1ccc(S(=O)(=O)N(Cc2ccccc2)c2c(OCCCO)cccc2C(=O)O)cc1. The number of methoxy groups -OCH3 is 1. The number of nitrogens with zero attached hydrogens (tertiary/aromatic N) is 1. The largest absolute Gasteiger partial charge is 0.497 e. The third kappa shape index (κ3) is 5.63. The average molecular weight is 472 g/mol. The molecule has 0 aliphatic carbocycles. The van der Waals surface area contributed by atoms with Crippen LogP contribution in [0.15, 0.2) is 77.7 Å². The molecule has 0 unspecified atom stereocenters. The van der Waals surface area contributed by atoms with Gasteiger partial charge >= 0.3 is 5.97 Å². The highest BCUT2D eigenvalue weighted by Gasteiger charge is 2.31. The van der Waals surface area contributed by atoms with Crippen molar-refractivity contribution < 1.29 is 32.9 Å². The van der Waals surface area contributed by atoms with Gasteiger partial charge in [0.15, 0.2) is 0 Å². The van der Waals surface area contributed by atoms with Crippen LogP contribution < -0.4 is 13.8 Å². The summed E-state index contributed by atoms with van der Waals surface area (Å²) < 4.78 is 39.5. The first-order valence-corrected chi connectivity index (χ1v) is 11.6. The minimum Gasteiger partial charge on any atom is -0.497 e. The number of aliphatic hydroxyl groups excluding tert-OH is 1. The number of carboxylic acids is 1. The van der Waals surface area contributed by atoms with Gasteiger partial charge in [-0.1, -0.05) is 36.4 Å². The molecule has 3 aromatic carbocycles. The van der Waals surface area contributed by atoms with Crippen LogP contribution in [0.3, 0.4) is 0 Å². The van der Waals surface area contributed by atoms with Crippen molar-refractivity contribution in [1.29, 1.82) is 0 Å². The number of para-hydroxylation sites is 1. The quantitative estimate of drug-likeness (QED) is 0.411. The van der Waals surface area contributed by atoms with Crippen molar-refractivity contribution in [3.8, 4) is 11.5 Å². The van der Waals surface area contributed by atoms with Crippen LogP contribution in [0.1, 0.15) is 22.3 Å². The van der Waals surface area contributed by atoms with Gasteiger partial charge in [0.2, 0.25) is 0 Å². The van der Waals surface area contributed by atoms with Gasteiger partial charge in [0, 0.05) is 13.0 Å². The van der Waals surface area contributed by atoms with Crippen LogP contribution in [0.2, 0.25) is 0 Å². The Balaban J connectivity index is 2.20. The molecule has 0 fully saturated rings. The summed E-state index contributed by atoms with van der Waals surface area (Å²) in [5.41, 5.74) is 0.364. The molecular formula is C24H25NO7S. The lowest BCUT2D eigenvalue weighted by atomic mass is 10.1. The summed E-state index contributed by atoms with van der Waals surface area (Å²) >= 11 is 0. The van der Waals surface area contributed by atoms with E-state index in [1.54, 1.807) is 30.3 Å². The first kappa shape index (κ1) is 24.1. The molecule has 0 atom stereocenters. The third-order valence-corrected chi connectivity index (χ3v) is 6.62. The fraction of sp³-hybridized carbons (Fsp3) is 0.208. The number of carboxylic acid groups (broad SMARTS) is 1. The third-order valence-electron chi connectivity index (χ3n) is 4.86. The van der Waals surface area contributed by atoms with Crippen molar-refractivity contribution in [2.75, 3.05) is 24.6 Å². The van der Waals surface area contributed by atoms with Crippen LogP contribution in [0, 0.1) is 0 Å². The Morgan fingerprint density at radius 3 is 2.27 bits per heavy atom. The molecule has 2 N–H and O–H groups in total. The normalized spacial score (nSPS) is 11.1. The highest BCUT2D eigenvalue weighted by atomic mass is 32.2. The van der Waals surface area contributed by atoms with Gasteiger partial charge in [-0.2, -0.15) is 0 Å². The van der Waals surface area contributed by atoms with Crippen molar-refractivity contribution in [2.45, 2.75) is 17.9 Å². The molecule has 0 heterocycles. The maximum absolute atomic E-state index is 13.8. The zero-order valence-electron chi connectivity index (χ0n) is 18.0. The molecule has 3 aromatic rings. The molecule has 3 rings (SSSR count). The van der Waals surface area contributed by atoms with Gasteiger partial charge < -0.3 is 19.7 Å². The molecule has 174 valence electrons. The predicted octanol–water partition coefficient (Wildman–Crippen LogP) is 3.55. The van der Waals surface area contributed by atoms with E-state index in [0.717, 1.165) is 4.31 Å². The Morgan fingerprint density at radius 2 is 1.67 bits per heavy atom. The van der Waals surface area contributed by atoms with E-state index in [-0.39, 0.29) is 41.7 Å². The second kappa shape index (κ2) is 10.8. The van der Waals surface area contributed by atoms with Gasteiger partial charge in [-0.05, 0) is 42.0 Å². The number of sulfonamides is 1.